The normalized spacial score (nSPS) is 23.5. The second kappa shape index (κ2) is 5.69. The van der Waals surface area contributed by atoms with E-state index < -0.39 is 0 Å². The zero-order valence-electron chi connectivity index (χ0n) is 10.6. The van der Waals surface area contributed by atoms with Crippen LogP contribution in [0, 0.1) is 5.92 Å². The Balaban J connectivity index is 1.68. The molecule has 0 aromatic heterocycles. The van der Waals surface area contributed by atoms with E-state index >= 15 is 0 Å². The van der Waals surface area contributed by atoms with Gasteiger partial charge in [0, 0.05) is 39.3 Å². The molecule has 1 atom stereocenters. The van der Waals surface area contributed by atoms with Gasteiger partial charge in [0.1, 0.15) is 0 Å². The first-order chi connectivity index (χ1) is 8.20. The van der Waals surface area contributed by atoms with Gasteiger partial charge in [0.2, 0.25) is 0 Å². The zero-order valence-corrected chi connectivity index (χ0v) is 10.6. The quantitative estimate of drug-likeness (QED) is 0.734. The van der Waals surface area contributed by atoms with Crippen molar-refractivity contribution < 1.29 is 9.90 Å². The first-order valence-electron chi connectivity index (χ1n) is 6.64. The SMILES string of the molecule is CCNC(=O)N1CCN(CC(O)C2CC2)CC1. The van der Waals surface area contributed by atoms with Crippen LogP contribution >= 0.6 is 0 Å². The average molecular weight is 241 g/mol. The summed E-state index contributed by atoms with van der Waals surface area (Å²) >= 11 is 0. The van der Waals surface area contributed by atoms with E-state index in [4.69, 9.17) is 0 Å². The molecule has 2 amide bonds. The Bertz CT molecular complexity index is 260. The molecule has 0 radical (unpaired) electrons. The molecule has 0 bridgehead atoms. The molecule has 0 spiro atoms. The van der Waals surface area contributed by atoms with Crippen molar-refractivity contribution in [1.82, 2.24) is 15.1 Å². The number of urea groups is 1. The molecule has 1 saturated carbocycles. The topological polar surface area (TPSA) is 55.8 Å². The van der Waals surface area contributed by atoms with Gasteiger partial charge in [-0.25, -0.2) is 4.79 Å². The summed E-state index contributed by atoms with van der Waals surface area (Å²) in [5.74, 6) is 0.538. The summed E-state index contributed by atoms with van der Waals surface area (Å²) in [4.78, 5) is 15.7. The summed E-state index contributed by atoms with van der Waals surface area (Å²) in [5.41, 5.74) is 0. The van der Waals surface area contributed by atoms with Crippen molar-refractivity contribution >= 4 is 6.03 Å². The van der Waals surface area contributed by atoms with Crippen LogP contribution < -0.4 is 5.32 Å². The molecular weight excluding hydrogens is 218 g/mol. The van der Waals surface area contributed by atoms with E-state index in [0.717, 1.165) is 32.7 Å². The van der Waals surface area contributed by atoms with Gasteiger partial charge in [-0.2, -0.15) is 0 Å². The lowest BCUT2D eigenvalue weighted by Crippen LogP contribution is -2.53. The van der Waals surface area contributed by atoms with Crippen molar-refractivity contribution in [2.75, 3.05) is 39.3 Å². The van der Waals surface area contributed by atoms with E-state index in [9.17, 15) is 9.90 Å². The fourth-order valence-corrected chi connectivity index (χ4v) is 2.29. The number of aliphatic hydroxyl groups is 1. The van der Waals surface area contributed by atoms with E-state index in [1.54, 1.807) is 0 Å². The third-order valence-electron chi connectivity index (χ3n) is 3.60. The standard InChI is InChI=1S/C12H23N3O2/c1-2-13-12(17)15-7-5-14(6-8-15)9-11(16)10-3-4-10/h10-11,16H,2-9H2,1H3,(H,13,17). The van der Waals surface area contributed by atoms with Crippen LogP contribution in [-0.2, 0) is 0 Å². The molecule has 17 heavy (non-hydrogen) atoms. The van der Waals surface area contributed by atoms with Crippen molar-refractivity contribution in [3.63, 3.8) is 0 Å². The molecule has 5 nitrogen and oxygen atoms in total. The van der Waals surface area contributed by atoms with Crippen LogP contribution in [0.4, 0.5) is 4.79 Å². The van der Waals surface area contributed by atoms with Gasteiger partial charge in [0.15, 0.2) is 0 Å². The second-order valence-corrected chi connectivity index (χ2v) is 5.03. The number of carbonyl (C=O) groups is 1. The molecule has 98 valence electrons. The van der Waals surface area contributed by atoms with Gasteiger partial charge < -0.3 is 15.3 Å². The van der Waals surface area contributed by atoms with Gasteiger partial charge >= 0.3 is 6.03 Å². The Morgan fingerprint density at radius 3 is 2.53 bits per heavy atom. The first-order valence-corrected chi connectivity index (χ1v) is 6.64. The maximum Gasteiger partial charge on any atom is 0.317 e. The Morgan fingerprint density at radius 2 is 2.00 bits per heavy atom. The molecule has 1 heterocycles. The van der Waals surface area contributed by atoms with Crippen molar-refractivity contribution in [3.05, 3.63) is 0 Å². The molecule has 1 unspecified atom stereocenters. The Kier molecular flexibility index (Phi) is 4.23. The van der Waals surface area contributed by atoms with E-state index in [-0.39, 0.29) is 12.1 Å². The summed E-state index contributed by atoms with van der Waals surface area (Å²) < 4.78 is 0. The number of carbonyl (C=O) groups excluding carboxylic acids is 1. The number of aliphatic hydroxyl groups excluding tert-OH is 1. The predicted octanol–water partition coefficient (Wildman–Crippen LogP) is 0.104. The predicted molar refractivity (Wildman–Crippen MR) is 65.8 cm³/mol. The van der Waals surface area contributed by atoms with E-state index in [1.165, 1.54) is 12.8 Å². The van der Waals surface area contributed by atoms with Crippen LogP contribution in [0.3, 0.4) is 0 Å². The molecule has 2 aliphatic rings. The summed E-state index contributed by atoms with van der Waals surface area (Å²) in [7, 11) is 0. The molecule has 2 rings (SSSR count). The van der Waals surface area contributed by atoms with Crippen molar-refractivity contribution in [1.29, 1.82) is 0 Å². The highest BCUT2D eigenvalue weighted by Crippen LogP contribution is 2.32. The van der Waals surface area contributed by atoms with Gasteiger partial charge in [0.05, 0.1) is 6.10 Å². The monoisotopic (exact) mass is 241 g/mol. The maximum absolute atomic E-state index is 11.6. The Hall–Kier alpha value is -0.810. The molecule has 0 aromatic carbocycles. The van der Waals surface area contributed by atoms with Crippen LogP contribution in [0.25, 0.3) is 0 Å². The molecule has 2 fully saturated rings. The number of piperazine rings is 1. The van der Waals surface area contributed by atoms with Crippen LogP contribution in [0.1, 0.15) is 19.8 Å². The number of amides is 2. The van der Waals surface area contributed by atoms with Gasteiger partial charge in [0.25, 0.3) is 0 Å². The van der Waals surface area contributed by atoms with Gasteiger partial charge in [-0.15, -0.1) is 0 Å². The number of hydrogen-bond acceptors (Lipinski definition) is 3. The maximum atomic E-state index is 11.6. The van der Waals surface area contributed by atoms with Crippen molar-refractivity contribution in [2.45, 2.75) is 25.9 Å². The van der Waals surface area contributed by atoms with Gasteiger partial charge in [-0.05, 0) is 25.7 Å². The highest BCUT2D eigenvalue weighted by molar-refractivity contribution is 5.74. The molecule has 1 aliphatic heterocycles. The highest BCUT2D eigenvalue weighted by atomic mass is 16.3. The van der Waals surface area contributed by atoms with Crippen molar-refractivity contribution in [3.8, 4) is 0 Å². The van der Waals surface area contributed by atoms with Crippen molar-refractivity contribution in [2.24, 2.45) is 5.92 Å². The second-order valence-electron chi connectivity index (χ2n) is 5.03. The average Bonchev–Trinajstić information content (AvgIpc) is 3.14. The highest BCUT2D eigenvalue weighted by Gasteiger charge is 2.31. The molecular formula is C12H23N3O2. The van der Waals surface area contributed by atoms with Gasteiger partial charge in [-0.1, -0.05) is 0 Å². The van der Waals surface area contributed by atoms with Gasteiger partial charge in [-0.3, -0.25) is 4.90 Å². The lowest BCUT2D eigenvalue weighted by Gasteiger charge is -2.35. The third kappa shape index (κ3) is 3.57. The van der Waals surface area contributed by atoms with E-state index in [1.807, 2.05) is 11.8 Å². The fourth-order valence-electron chi connectivity index (χ4n) is 2.29. The minimum atomic E-state index is -0.161. The zero-order chi connectivity index (χ0) is 12.3. The smallest absolute Gasteiger partial charge is 0.317 e. The minimum Gasteiger partial charge on any atom is -0.392 e. The Morgan fingerprint density at radius 1 is 1.35 bits per heavy atom. The largest absolute Gasteiger partial charge is 0.392 e. The summed E-state index contributed by atoms with van der Waals surface area (Å²) in [5, 5.41) is 12.7. The third-order valence-corrected chi connectivity index (χ3v) is 3.60. The summed E-state index contributed by atoms with van der Waals surface area (Å²) in [6.45, 7) is 6.67. The minimum absolute atomic E-state index is 0.0369. The van der Waals surface area contributed by atoms with Crippen LogP contribution in [-0.4, -0.2) is 66.3 Å². The molecule has 2 N–H and O–H groups in total. The molecule has 1 aliphatic carbocycles. The fraction of sp³-hybridized carbons (Fsp3) is 0.917. The molecule has 1 saturated heterocycles. The first kappa shape index (κ1) is 12.6. The van der Waals surface area contributed by atoms with Crippen LogP contribution in [0.2, 0.25) is 0 Å². The molecule has 5 heteroatoms. The lowest BCUT2D eigenvalue weighted by molar-refractivity contribution is 0.0697. The number of β-amino-alcohol motifs (C(OH)–C–C–N with tert-alkyl or cyclic N) is 1. The summed E-state index contributed by atoms with van der Waals surface area (Å²) in [6, 6.07) is 0.0369. The lowest BCUT2D eigenvalue weighted by atomic mass is 10.2. The van der Waals surface area contributed by atoms with E-state index in [2.05, 4.69) is 10.2 Å². The van der Waals surface area contributed by atoms with Crippen LogP contribution in [0.15, 0.2) is 0 Å². The number of hydrogen-bond donors (Lipinski definition) is 2. The number of nitrogens with zero attached hydrogens (tertiary/aromatic N) is 2. The number of rotatable bonds is 4. The van der Waals surface area contributed by atoms with Crippen LogP contribution in [0.5, 0.6) is 0 Å². The van der Waals surface area contributed by atoms with E-state index in [0.29, 0.717) is 12.5 Å². The summed E-state index contributed by atoms with van der Waals surface area (Å²) in [6.07, 6.45) is 2.20. The molecule has 0 aromatic rings. The number of nitrogens with one attached hydrogen (secondary N) is 1. The Labute approximate surface area is 103 Å².